The molecule has 2 rings (SSSR count). The Morgan fingerprint density at radius 2 is 2.10 bits per heavy atom. The Bertz CT molecular complexity index is 453. The van der Waals surface area contributed by atoms with Crippen LogP contribution in [0.4, 0.5) is 5.69 Å². The molecule has 1 saturated carbocycles. The van der Waals surface area contributed by atoms with E-state index in [2.05, 4.69) is 5.32 Å². The number of hydrogen-bond donors (Lipinski definition) is 2. The van der Waals surface area contributed by atoms with E-state index < -0.39 is 0 Å². The zero-order valence-corrected chi connectivity index (χ0v) is 12.0. The van der Waals surface area contributed by atoms with E-state index in [1.807, 2.05) is 19.1 Å². The van der Waals surface area contributed by atoms with Crippen molar-refractivity contribution in [2.45, 2.75) is 51.7 Å². The minimum Gasteiger partial charge on any atom is -0.392 e. The van der Waals surface area contributed by atoms with Crippen LogP contribution in [-0.4, -0.2) is 23.7 Å². The Morgan fingerprint density at radius 1 is 1.35 bits per heavy atom. The van der Waals surface area contributed by atoms with Crippen LogP contribution in [0.5, 0.6) is 0 Å². The molecule has 1 amide bonds. The van der Waals surface area contributed by atoms with Gasteiger partial charge in [-0.25, -0.2) is 0 Å². The van der Waals surface area contributed by atoms with Gasteiger partial charge in [-0.05, 0) is 37.0 Å². The van der Waals surface area contributed by atoms with Gasteiger partial charge in [0, 0.05) is 5.69 Å². The number of carbonyl (C=O) groups excluding carboxylic acids is 1. The van der Waals surface area contributed by atoms with E-state index in [4.69, 9.17) is 9.84 Å². The van der Waals surface area contributed by atoms with Crippen molar-refractivity contribution in [2.24, 2.45) is 0 Å². The number of aliphatic hydroxyl groups is 1. The van der Waals surface area contributed by atoms with Crippen LogP contribution in [0.3, 0.4) is 0 Å². The second-order valence-corrected chi connectivity index (χ2v) is 5.43. The fourth-order valence-electron chi connectivity index (χ4n) is 2.51. The monoisotopic (exact) mass is 277 g/mol. The van der Waals surface area contributed by atoms with Gasteiger partial charge in [-0.15, -0.1) is 0 Å². The molecule has 1 aliphatic rings. The van der Waals surface area contributed by atoms with E-state index in [-0.39, 0.29) is 25.2 Å². The molecular formula is C16H23NO3. The summed E-state index contributed by atoms with van der Waals surface area (Å²) < 4.78 is 5.65. The average Bonchev–Trinajstić information content (AvgIpc) is 2.48. The molecule has 4 heteroatoms. The quantitative estimate of drug-likeness (QED) is 0.870. The van der Waals surface area contributed by atoms with Crippen molar-refractivity contribution < 1.29 is 14.6 Å². The number of anilines is 1. The first kappa shape index (κ1) is 15.0. The molecule has 0 saturated heterocycles. The van der Waals surface area contributed by atoms with Gasteiger partial charge in [0.2, 0.25) is 5.91 Å². The number of ether oxygens (including phenoxy) is 1. The Morgan fingerprint density at radius 3 is 2.80 bits per heavy atom. The third kappa shape index (κ3) is 4.32. The van der Waals surface area contributed by atoms with Crippen molar-refractivity contribution >= 4 is 11.6 Å². The molecule has 1 aliphatic carbocycles. The smallest absolute Gasteiger partial charge is 0.250 e. The molecule has 0 aliphatic heterocycles. The summed E-state index contributed by atoms with van der Waals surface area (Å²) in [6, 6.07) is 5.54. The fourth-order valence-corrected chi connectivity index (χ4v) is 2.51. The molecule has 1 aromatic carbocycles. The van der Waals surface area contributed by atoms with Gasteiger partial charge in [-0.1, -0.05) is 31.4 Å². The minimum absolute atomic E-state index is 0.0261. The van der Waals surface area contributed by atoms with Gasteiger partial charge in [0.05, 0.1) is 12.7 Å². The lowest BCUT2D eigenvalue weighted by Gasteiger charge is -2.21. The molecule has 0 spiro atoms. The Labute approximate surface area is 120 Å². The molecule has 0 bridgehead atoms. The third-order valence-corrected chi connectivity index (χ3v) is 3.76. The lowest BCUT2D eigenvalue weighted by molar-refractivity contribution is -0.123. The van der Waals surface area contributed by atoms with Crippen LogP contribution in [0.1, 0.15) is 43.2 Å². The summed E-state index contributed by atoms with van der Waals surface area (Å²) >= 11 is 0. The van der Waals surface area contributed by atoms with Crippen LogP contribution >= 0.6 is 0 Å². The molecule has 20 heavy (non-hydrogen) atoms. The lowest BCUT2D eigenvalue weighted by atomic mass is 9.98. The summed E-state index contributed by atoms with van der Waals surface area (Å²) in [6.07, 6.45) is 6.03. The molecule has 2 N–H and O–H groups in total. The van der Waals surface area contributed by atoms with Gasteiger partial charge in [0.1, 0.15) is 6.61 Å². The highest BCUT2D eigenvalue weighted by Gasteiger charge is 2.15. The molecule has 1 aromatic rings. The van der Waals surface area contributed by atoms with E-state index in [0.717, 1.165) is 29.7 Å². The van der Waals surface area contributed by atoms with Gasteiger partial charge in [-0.3, -0.25) is 4.79 Å². The molecule has 4 nitrogen and oxygen atoms in total. The SMILES string of the molecule is Cc1ccc(CO)cc1NC(=O)COC1CCCCC1. The predicted octanol–water partition coefficient (Wildman–Crippen LogP) is 2.78. The molecule has 0 unspecified atom stereocenters. The number of carbonyl (C=O) groups is 1. The van der Waals surface area contributed by atoms with Crippen molar-refractivity contribution in [3.63, 3.8) is 0 Å². The van der Waals surface area contributed by atoms with E-state index in [1.165, 1.54) is 19.3 Å². The highest BCUT2D eigenvalue weighted by molar-refractivity contribution is 5.92. The van der Waals surface area contributed by atoms with E-state index in [1.54, 1.807) is 6.07 Å². The summed E-state index contributed by atoms with van der Waals surface area (Å²) in [6.45, 7) is 2.01. The number of rotatable bonds is 5. The standard InChI is InChI=1S/C16H23NO3/c1-12-7-8-13(10-18)9-15(12)17-16(19)11-20-14-5-3-2-4-6-14/h7-9,14,18H,2-6,10-11H2,1H3,(H,17,19). The van der Waals surface area contributed by atoms with Crippen LogP contribution < -0.4 is 5.32 Å². The zero-order chi connectivity index (χ0) is 14.4. The predicted molar refractivity (Wildman–Crippen MR) is 78.6 cm³/mol. The molecule has 1 fully saturated rings. The van der Waals surface area contributed by atoms with Crippen LogP contribution in [0, 0.1) is 6.92 Å². The normalized spacial score (nSPS) is 16.1. The Hall–Kier alpha value is -1.39. The molecule has 110 valence electrons. The summed E-state index contributed by atoms with van der Waals surface area (Å²) in [5.74, 6) is -0.131. The number of aliphatic hydroxyl groups excluding tert-OH is 1. The lowest BCUT2D eigenvalue weighted by Crippen LogP contribution is -2.25. The molecule has 0 radical (unpaired) electrons. The van der Waals surface area contributed by atoms with Crippen molar-refractivity contribution in [3.8, 4) is 0 Å². The van der Waals surface area contributed by atoms with Crippen molar-refractivity contribution in [2.75, 3.05) is 11.9 Å². The second kappa shape index (κ2) is 7.41. The largest absolute Gasteiger partial charge is 0.392 e. The highest BCUT2D eigenvalue weighted by atomic mass is 16.5. The second-order valence-electron chi connectivity index (χ2n) is 5.43. The van der Waals surface area contributed by atoms with Gasteiger partial charge in [0.25, 0.3) is 0 Å². The van der Waals surface area contributed by atoms with Crippen molar-refractivity contribution in [3.05, 3.63) is 29.3 Å². The van der Waals surface area contributed by atoms with Crippen LogP contribution in [-0.2, 0) is 16.1 Å². The van der Waals surface area contributed by atoms with Crippen LogP contribution in [0.2, 0.25) is 0 Å². The average molecular weight is 277 g/mol. The van der Waals surface area contributed by atoms with Gasteiger partial charge in [0.15, 0.2) is 0 Å². The Balaban J connectivity index is 1.84. The minimum atomic E-state index is -0.131. The molecule has 0 atom stereocenters. The fraction of sp³-hybridized carbons (Fsp3) is 0.562. The molecule has 0 aromatic heterocycles. The van der Waals surface area contributed by atoms with Crippen LogP contribution in [0.25, 0.3) is 0 Å². The summed E-state index contributed by atoms with van der Waals surface area (Å²) in [5.41, 5.74) is 2.51. The van der Waals surface area contributed by atoms with Crippen molar-refractivity contribution in [1.82, 2.24) is 0 Å². The van der Waals surface area contributed by atoms with Gasteiger partial charge in [-0.2, -0.15) is 0 Å². The van der Waals surface area contributed by atoms with E-state index in [0.29, 0.717) is 0 Å². The maximum absolute atomic E-state index is 11.9. The summed E-state index contributed by atoms with van der Waals surface area (Å²) in [4.78, 5) is 11.9. The maximum Gasteiger partial charge on any atom is 0.250 e. The number of nitrogens with one attached hydrogen (secondary N) is 1. The number of amides is 1. The number of benzene rings is 1. The first-order valence-corrected chi connectivity index (χ1v) is 7.31. The number of hydrogen-bond acceptors (Lipinski definition) is 3. The highest BCUT2D eigenvalue weighted by Crippen LogP contribution is 2.20. The zero-order valence-electron chi connectivity index (χ0n) is 12.0. The molecular weight excluding hydrogens is 254 g/mol. The first-order chi connectivity index (χ1) is 9.69. The van der Waals surface area contributed by atoms with E-state index >= 15 is 0 Å². The summed E-state index contributed by atoms with van der Waals surface area (Å²) in [7, 11) is 0. The Kier molecular flexibility index (Phi) is 5.56. The topological polar surface area (TPSA) is 58.6 Å². The third-order valence-electron chi connectivity index (χ3n) is 3.76. The summed E-state index contributed by atoms with van der Waals surface area (Å²) in [5, 5.41) is 12.0. The number of aryl methyl sites for hydroxylation is 1. The van der Waals surface area contributed by atoms with Crippen LogP contribution in [0.15, 0.2) is 18.2 Å². The van der Waals surface area contributed by atoms with Gasteiger partial charge >= 0.3 is 0 Å². The van der Waals surface area contributed by atoms with Gasteiger partial charge < -0.3 is 15.2 Å². The maximum atomic E-state index is 11.9. The first-order valence-electron chi connectivity index (χ1n) is 7.31. The van der Waals surface area contributed by atoms with E-state index in [9.17, 15) is 4.79 Å². The molecule has 0 heterocycles. The van der Waals surface area contributed by atoms with Crippen molar-refractivity contribution in [1.29, 1.82) is 0 Å².